The van der Waals surface area contributed by atoms with Crippen molar-refractivity contribution in [1.29, 1.82) is 0 Å². The highest BCUT2D eigenvalue weighted by Crippen LogP contribution is 2.18. The SMILES string of the molecule is CNCc1ccccc1OCc1ccc(C(=O)OC)cn1. The third-order valence-electron chi connectivity index (χ3n) is 2.96. The standard InChI is InChI=1S/C16H18N2O3/c1-17-9-12-5-3-4-6-15(12)21-11-14-8-7-13(10-18-14)16(19)20-2/h3-8,10,17H,9,11H2,1-2H3. The Morgan fingerprint density at radius 1 is 1.24 bits per heavy atom. The second-order valence-electron chi connectivity index (χ2n) is 4.46. The van der Waals surface area contributed by atoms with Crippen LogP contribution in [0.4, 0.5) is 0 Å². The number of methoxy groups -OCH3 is 1. The molecule has 1 aromatic carbocycles. The van der Waals surface area contributed by atoms with Gasteiger partial charge in [-0.2, -0.15) is 0 Å². The number of esters is 1. The number of benzene rings is 1. The summed E-state index contributed by atoms with van der Waals surface area (Å²) >= 11 is 0. The van der Waals surface area contributed by atoms with Gasteiger partial charge in [0.05, 0.1) is 18.4 Å². The number of carbonyl (C=O) groups excluding carboxylic acids is 1. The van der Waals surface area contributed by atoms with Crippen molar-refractivity contribution in [2.24, 2.45) is 0 Å². The Kier molecular flexibility index (Phi) is 5.29. The summed E-state index contributed by atoms with van der Waals surface area (Å²) in [4.78, 5) is 15.5. The zero-order chi connectivity index (χ0) is 15.1. The molecule has 0 atom stereocenters. The smallest absolute Gasteiger partial charge is 0.339 e. The molecule has 0 aliphatic carbocycles. The lowest BCUT2D eigenvalue weighted by Gasteiger charge is -2.11. The van der Waals surface area contributed by atoms with E-state index in [2.05, 4.69) is 15.0 Å². The number of ether oxygens (including phenoxy) is 2. The molecule has 1 aromatic heterocycles. The fourth-order valence-electron chi connectivity index (χ4n) is 1.88. The summed E-state index contributed by atoms with van der Waals surface area (Å²) in [5.74, 6) is 0.431. The first-order chi connectivity index (χ1) is 10.2. The molecule has 0 radical (unpaired) electrons. The van der Waals surface area contributed by atoms with Crippen molar-refractivity contribution in [3.05, 3.63) is 59.4 Å². The second-order valence-corrected chi connectivity index (χ2v) is 4.46. The first kappa shape index (κ1) is 15.0. The highest BCUT2D eigenvalue weighted by Gasteiger charge is 2.06. The van der Waals surface area contributed by atoms with Crippen molar-refractivity contribution in [2.75, 3.05) is 14.2 Å². The van der Waals surface area contributed by atoms with E-state index in [1.54, 1.807) is 12.1 Å². The third-order valence-corrected chi connectivity index (χ3v) is 2.96. The lowest BCUT2D eigenvalue weighted by Crippen LogP contribution is -2.08. The maximum absolute atomic E-state index is 11.3. The van der Waals surface area contributed by atoms with E-state index in [4.69, 9.17) is 4.74 Å². The van der Waals surface area contributed by atoms with Crippen molar-refractivity contribution >= 4 is 5.97 Å². The number of pyridine rings is 1. The molecule has 0 spiro atoms. The highest BCUT2D eigenvalue weighted by atomic mass is 16.5. The van der Waals surface area contributed by atoms with Crippen LogP contribution in [0.3, 0.4) is 0 Å². The minimum Gasteiger partial charge on any atom is -0.487 e. The molecule has 21 heavy (non-hydrogen) atoms. The molecule has 0 bridgehead atoms. The number of carbonyl (C=O) groups is 1. The zero-order valence-electron chi connectivity index (χ0n) is 12.1. The highest BCUT2D eigenvalue weighted by molar-refractivity contribution is 5.88. The van der Waals surface area contributed by atoms with Crippen LogP contribution in [0.15, 0.2) is 42.6 Å². The number of para-hydroxylation sites is 1. The summed E-state index contributed by atoms with van der Waals surface area (Å²) in [6.07, 6.45) is 1.49. The van der Waals surface area contributed by atoms with Crippen LogP contribution in [0.5, 0.6) is 5.75 Å². The van der Waals surface area contributed by atoms with Crippen LogP contribution in [0.1, 0.15) is 21.6 Å². The van der Waals surface area contributed by atoms with Crippen LogP contribution >= 0.6 is 0 Å². The molecule has 0 aliphatic heterocycles. The van der Waals surface area contributed by atoms with Crippen molar-refractivity contribution in [2.45, 2.75) is 13.2 Å². The van der Waals surface area contributed by atoms with Gasteiger partial charge in [0, 0.05) is 18.3 Å². The topological polar surface area (TPSA) is 60.5 Å². The molecule has 2 rings (SSSR count). The fourth-order valence-corrected chi connectivity index (χ4v) is 1.88. The first-order valence-corrected chi connectivity index (χ1v) is 6.63. The Morgan fingerprint density at radius 2 is 2.05 bits per heavy atom. The lowest BCUT2D eigenvalue weighted by atomic mass is 10.2. The Balaban J connectivity index is 2.01. The minimum absolute atomic E-state index is 0.349. The number of nitrogens with one attached hydrogen (secondary N) is 1. The van der Waals surface area contributed by atoms with Crippen LogP contribution in [-0.2, 0) is 17.9 Å². The summed E-state index contributed by atoms with van der Waals surface area (Å²) in [7, 11) is 3.24. The number of rotatable bonds is 6. The number of hydrogen-bond acceptors (Lipinski definition) is 5. The van der Waals surface area contributed by atoms with Gasteiger partial charge in [0.2, 0.25) is 0 Å². The van der Waals surface area contributed by atoms with Gasteiger partial charge in [-0.15, -0.1) is 0 Å². The van der Waals surface area contributed by atoms with E-state index in [9.17, 15) is 4.79 Å². The quantitative estimate of drug-likeness (QED) is 0.825. The monoisotopic (exact) mass is 286 g/mol. The average Bonchev–Trinajstić information content (AvgIpc) is 2.54. The first-order valence-electron chi connectivity index (χ1n) is 6.63. The number of nitrogens with zero attached hydrogens (tertiary/aromatic N) is 1. The lowest BCUT2D eigenvalue weighted by molar-refractivity contribution is 0.0600. The Hall–Kier alpha value is -2.40. The molecule has 110 valence electrons. The van der Waals surface area contributed by atoms with Crippen LogP contribution < -0.4 is 10.1 Å². The maximum Gasteiger partial charge on any atom is 0.339 e. The van der Waals surface area contributed by atoms with Gasteiger partial charge in [-0.3, -0.25) is 4.98 Å². The molecule has 0 saturated carbocycles. The molecule has 0 saturated heterocycles. The van der Waals surface area contributed by atoms with Gasteiger partial charge in [0.1, 0.15) is 12.4 Å². The van der Waals surface area contributed by atoms with Gasteiger partial charge in [-0.05, 0) is 25.2 Å². The number of hydrogen-bond donors (Lipinski definition) is 1. The molecular formula is C16H18N2O3. The van der Waals surface area contributed by atoms with E-state index >= 15 is 0 Å². The van der Waals surface area contributed by atoms with Crippen molar-refractivity contribution < 1.29 is 14.3 Å². The van der Waals surface area contributed by atoms with E-state index in [0.29, 0.717) is 12.2 Å². The Labute approximate surface area is 123 Å². The van der Waals surface area contributed by atoms with E-state index < -0.39 is 5.97 Å². The van der Waals surface area contributed by atoms with Crippen molar-refractivity contribution in [3.63, 3.8) is 0 Å². The molecule has 5 nitrogen and oxygen atoms in total. The predicted molar refractivity (Wildman–Crippen MR) is 79.1 cm³/mol. The molecule has 0 aliphatic rings. The van der Waals surface area contributed by atoms with Crippen molar-refractivity contribution in [1.82, 2.24) is 10.3 Å². The minimum atomic E-state index is -0.394. The van der Waals surface area contributed by atoms with Crippen LogP contribution in [0.2, 0.25) is 0 Å². The van der Waals surface area contributed by atoms with Crippen molar-refractivity contribution in [3.8, 4) is 5.75 Å². The maximum atomic E-state index is 11.3. The van der Waals surface area contributed by atoms with Gasteiger partial charge < -0.3 is 14.8 Å². The molecule has 1 N–H and O–H groups in total. The van der Waals surface area contributed by atoms with E-state index in [1.807, 2.05) is 31.3 Å². The predicted octanol–water partition coefficient (Wildman–Crippen LogP) is 2.17. The zero-order valence-corrected chi connectivity index (χ0v) is 12.1. The molecule has 0 unspecified atom stereocenters. The summed E-state index contributed by atoms with van der Waals surface area (Å²) < 4.78 is 10.4. The number of aromatic nitrogens is 1. The molecule has 2 aromatic rings. The van der Waals surface area contributed by atoms with Gasteiger partial charge in [0.25, 0.3) is 0 Å². The molecular weight excluding hydrogens is 268 g/mol. The van der Waals surface area contributed by atoms with Crippen LogP contribution in [0, 0.1) is 0 Å². The van der Waals surface area contributed by atoms with Crippen LogP contribution in [-0.4, -0.2) is 25.1 Å². The van der Waals surface area contributed by atoms with Gasteiger partial charge in [-0.1, -0.05) is 18.2 Å². The Bertz CT molecular complexity index is 597. The Morgan fingerprint density at radius 3 is 2.71 bits per heavy atom. The van der Waals surface area contributed by atoms with Crippen LogP contribution in [0.25, 0.3) is 0 Å². The summed E-state index contributed by atoms with van der Waals surface area (Å²) in [6.45, 7) is 1.09. The second kappa shape index (κ2) is 7.40. The average molecular weight is 286 g/mol. The molecule has 0 fully saturated rings. The molecule has 5 heteroatoms. The normalized spacial score (nSPS) is 10.2. The molecule has 0 amide bonds. The summed E-state index contributed by atoms with van der Waals surface area (Å²) in [5.41, 5.74) is 2.27. The molecule has 1 heterocycles. The summed E-state index contributed by atoms with van der Waals surface area (Å²) in [5, 5.41) is 3.10. The van der Waals surface area contributed by atoms with E-state index in [1.165, 1.54) is 13.3 Å². The van der Waals surface area contributed by atoms with Gasteiger partial charge in [-0.25, -0.2) is 4.79 Å². The largest absolute Gasteiger partial charge is 0.487 e. The summed E-state index contributed by atoms with van der Waals surface area (Å²) in [6, 6.07) is 11.3. The van der Waals surface area contributed by atoms with E-state index in [-0.39, 0.29) is 0 Å². The third kappa shape index (κ3) is 4.03. The van der Waals surface area contributed by atoms with Gasteiger partial charge >= 0.3 is 5.97 Å². The van der Waals surface area contributed by atoms with Gasteiger partial charge in [0.15, 0.2) is 0 Å². The van der Waals surface area contributed by atoms with E-state index in [0.717, 1.165) is 23.6 Å². The fraction of sp³-hybridized carbons (Fsp3) is 0.250.